The topological polar surface area (TPSA) is 52.7 Å². The average Bonchev–Trinajstić information content (AvgIpc) is 3.11. The van der Waals surface area contributed by atoms with E-state index in [1.54, 1.807) is 16.8 Å². The fourth-order valence-electron chi connectivity index (χ4n) is 1.96. The zero-order valence-corrected chi connectivity index (χ0v) is 9.74. The Bertz CT molecular complexity index is 281. The highest BCUT2D eigenvalue weighted by Gasteiger charge is 2.34. The number of hydrogen-bond donors (Lipinski definition) is 1. The summed E-state index contributed by atoms with van der Waals surface area (Å²) in [7, 11) is 1.73. The number of carbonyl (C=O) groups excluding carboxylic acids is 2. The lowest BCUT2D eigenvalue weighted by molar-refractivity contribution is -0.151. The maximum Gasteiger partial charge on any atom is 0.312 e. The summed E-state index contributed by atoms with van der Waals surface area (Å²) in [5.41, 5.74) is 0. The number of likely N-dealkylation sites (N-methyl/N-ethyl adjacent to an activating group) is 1. The molecule has 0 aromatic carbocycles. The third-order valence-corrected chi connectivity index (χ3v) is 3.23. The molecule has 0 bridgehead atoms. The normalized spacial score (nSPS) is 21.4. The van der Waals surface area contributed by atoms with Crippen molar-refractivity contribution in [1.29, 1.82) is 0 Å². The minimum Gasteiger partial charge on any atom is -0.335 e. The molecule has 0 aromatic rings. The molecule has 2 fully saturated rings. The van der Waals surface area contributed by atoms with Crippen LogP contribution in [0.15, 0.2) is 0 Å². The summed E-state index contributed by atoms with van der Waals surface area (Å²) < 4.78 is 0. The Morgan fingerprint density at radius 1 is 1.25 bits per heavy atom. The highest BCUT2D eigenvalue weighted by molar-refractivity contribution is 6.34. The van der Waals surface area contributed by atoms with Gasteiger partial charge in [0.25, 0.3) is 0 Å². The minimum absolute atomic E-state index is 0.307. The van der Waals surface area contributed by atoms with Gasteiger partial charge in [-0.05, 0) is 25.8 Å². The fourth-order valence-corrected chi connectivity index (χ4v) is 1.96. The van der Waals surface area contributed by atoms with Crippen molar-refractivity contribution in [2.45, 2.75) is 25.3 Å². The van der Waals surface area contributed by atoms with E-state index in [9.17, 15) is 9.59 Å². The Morgan fingerprint density at radius 2 is 2.00 bits per heavy atom. The van der Waals surface area contributed by atoms with E-state index in [4.69, 9.17) is 0 Å². The summed E-state index contributed by atoms with van der Waals surface area (Å²) in [6.07, 6.45) is 3.00. The van der Waals surface area contributed by atoms with Gasteiger partial charge in [0.15, 0.2) is 0 Å². The fraction of sp³-hybridized carbons (Fsp3) is 0.818. The van der Waals surface area contributed by atoms with Gasteiger partial charge in [0.1, 0.15) is 0 Å². The molecule has 0 aromatic heterocycles. The summed E-state index contributed by atoms with van der Waals surface area (Å²) in [4.78, 5) is 27.0. The zero-order chi connectivity index (χ0) is 11.5. The van der Waals surface area contributed by atoms with Crippen LogP contribution in [-0.2, 0) is 9.59 Å². The molecular weight excluding hydrogens is 206 g/mol. The van der Waals surface area contributed by atoms with Gasteiger partial charge in [-0.3, -0.25) is 9.59 Å². The molecule has 1 heterocycles. The van der Waals surface area contributed by atoms with E-state index < -0.39 is 0 Å². The highest BCUT2D eigenvalue weighted by atomic mass is 16.2. The van der Waals surface area contributed by atoms with Crippen LogP contribution >= 0.6 is 0 Å². The van der Waals surface area contributed by atoms with Crippen LogP contribution in [0, 0.1) is 0 Å². The summed E-state index contributed by atoms with van der Waals surface area (Å²) in [5, 5.41) is 3.22. The van der Waals surface area contributed by atoms with Crippen molar-refractivity contribution in [1.82, 2.24) is 15.1 Å². The number of amides is 2. The SMILES string of the molecule is CN(C(=O)C(=O)N1CCCNCC1)C1CC1. The molecule has 1 saturated carbocycles. The van der Waals surface area contributed by atoms with Crippen molar-refractivity contribution >= 4 is 11.8 Å². The van der Waals surface area contributed by atoms with Crippen LogP contribution in [-0.4, -0.2) is 60.9 Å². The van der Waals surface area contributed by atoms with Gasteiger partial charge in [0.05, 0.1) is 0 Å². The monoisotopic (exact) mass is 225 g/mol. The van der Waals surface area contributed by atoms with Crippen molar-refractivity contribution in [2.24, 2.45) is 0 Å². The second kappa shape index (κ2) is 4.82. The first-order chi connectivity index (χ1) is 7.70. The van der Waals surface area contributed by atoms with Crippen molar-refractivity contribution in [2.75, 3.05) is 33.2 Å². The zero-order valence-electron chi connectivity index (χ0n) is 9.74. The predicted molar refractivity (Wildman–Crippen MR) is 59.9 cm³/mol. The Morgan fingerprint density at radius 3 is 2.69 bits per heavy atom. The molecule has 16 heavy (non-hydrogen) atoms. The third-order valence-electron chi connectivity index (χ3n) is 3.23. The molecular formula is C11H19N3O2. The number of carbonyl (C=O) groups is 2. The Balaban J connectivity index is 1.91. The summed E-state index contributed by atoms with van der Waals surface area (Å²) in [6.45, 7) is 3.04. The van der Waals surface area contributed by atoms with Crippen molar-refractivity contribution < 1.29 is 9.59 Å². The Kier molecular flexibility index (Phi) is 3.43. The summed E-state index contributed by atoms with van der Waals surface area (Å²) >= 11 is 0. The number of nitrogens with zero attached hydrogens (tertiary/aromatic N) is 2. The molecule has 5 nitrogen and oxygen atoms in total. The number of nitrogens with one attached hydrogen (secondary N) is 1. The second-order valence-electron chi connectivity index (χ2n) is 4.54. The van der Waals surface area contributed by atoms with Gasteiger partial charge >= 0.3 is 11.8 Å². The van der Waals surface area contributed by atoms with Crippen LogP contribution in [0.4, 0.5) is 0 Å². The molecule has 1 aliphatic heterocycles. The van der Waals surface area contributed by atoms with Gasteiger partial charge in [-0.1, -0.05) is 0 Å². The lowest BCUT2D eigenvalue weighted by Gasteiger charge is -2.23. The van der Waals surface area contributed by atoms with Crippen LogP contribution in [0.1, 0.15) is 19.3 Å². The number of rotatable bonds is 1. The minimum atomic E-state index is -0.343. The van der Waals surface area contributed by atoms with Crippen LogP contribution in [0.5, 0.6) is 0 Å². The highest BCUT2D eigenvalue weighted by Crippen LogP contribution is 2.25. The maximum atomic E-state index is 11.9. The molecule has 0 radical (unpaired) electrons. The first kappa shape index (κ1) is 11.4. The predicted octanol–water partition coefficient (Wildman–Crippen LogP) is -0.571. The van der Waals surface area contributed by atoms with Gasteiger partial charge in [0.2, 0.25) is 0 Å². The largest absolute Gasteiger partial charge is 0.335 e. The molecule has 2 amide bonds. The van der Waals surface area contributed by atoms with Gasteiger partial charge < -0.3 is 15.1 Å². The van der Waals surface area contributed by atoms with Gasteiger partial charge in [0, 0.05) is 32.7 Å². The molecule has 2 rings (SSSR count). The van der Waals surface area contributed by atoms with E-state index in [0.717, 1.165) is 32.4 Å². The van der Waals surface area contributed by atoms with Crippen LogP contribution < -0.4 is 5.32 Å². The lowest BCUT2D eigenvalue weighted by Crippen LogP contribution is -2.45. The van der Waals surface area contributed by atoms with Gasteiger partial charge in [-0.2, -0.15) is 0 Å². The third kappa shape index (κ3) is 2.52. The van der Waals surface area contributed by atoms with E-state index in [1.807, 2.05) is 0 Å². The molecule has 0 spiro atoms. The lowest BCUT2D eigenvalue weighted by atomic mass is 10.3. The quantitative estimate of drug-likeness (QED) is 0.608. The molecule has 5 heteroatoms. The molecule has 1 N–H and O–H groups in total. The Labute approximate surface area is 95.8 Å². The van der Waals surface area contributed by atoms with Crippen LogP contribution in [0.25, 0.3) is 0 Å². The summed E-state index contributed by atoms with van der Waals surface area (Å²) in [6, 6.07) is 0.307. The second-order valence-corrected chi connectivity index (χ2v) is 4.54. The molecule has 1 saturated heterocycles. The molecule has 2 aliphatic rings. The van der Waals surface area contributed by atoms with Crippen LogP contribution in [0.2, 0.25) is 0 Å². The first-order valence-corrected chi connectivity index (χ1v) is 5.97. The van der Waals surface area contributed by atoms with E-state index in [0.29, 0.717) is 19.1 Å². The van der Waals surface area contributed by atoms with Gasteiger partial charge in [-0.15, -0.1) is 0 Å². The first-order valence-electron chi connectivity index (χ1n) is 5.97. The molecule has 90 valence electrons. The Hall–Kier alpha value is -1.10. The smallest absolute Gasteiger partial charge is 0.312 e. The van der Waals surface area contributed by atoms with Crippen LogP contribution in [0.3, 0.4) is 0 Å². The maximum absolute atomic E-state index is 11.9. The van der Waals surface area contributed by atoms with E-state index in [-0.39, 0.29) is 11.8 Å². The van der Waals surface area contributed by atoms with E-state index in [2.05, 4.69) is 5.32 Å². The van der Waals surface area contributed by atoms with Crippen molar-refractivity contribution in [3.63, 3.8) is 0 Å². The van der Waals surface area contributed by atoms with Gasteiger partial charge in [-0.25, -0.2) is 0 Å². The van der Waals surface area contributed by atoms with Crippen molar-refractivity contribution in [3.05, 3.63) is 0 Å². The van der Waals surface area contributed by atoms with Crippen molar-refractivity contribution in [3.8, 4) is 0 Å². The summed E-state index contributed by atoms with van der Waals surface area (Å²) in [5.74, 6) is -0.678. The molecule has 0 atom stereocenters. The standard InChI is InChI=1S/C11H19N3O2/c1-13(9-3-4-9)10(15)11(16)14-7-2-5-12-6-8-14/h9,12H,2-8H2,1H3. The number of hydrogen-bond acceptors (Lipinski definition) is 3. The van der Waals surface area contributed by atoms with E-state index in [1.165, 1.54) is 0 Å². The average molecular weight is 225 g/mol. The molecule has 0 unspecified atom stereocenters. The molecule has 1 aliphatic carbocycles. The van der Waals surface area contributed by atoms with E-state index >= 15 is 0 Å².